The molecule has 0 radical (unpaired) electrons. The molecule has 19 heavy (non-hydrogen) atoms. The van der Waals surface area contributed by atoms with Crippen molar-refractivity contribution in [2.75, 3.05) is 43.6 Å². The van der Waals surface area contributed by atoms with Gasteiger partial charge in [-0.05, 0) is 0 Å². The molecule has 0 aliphatic carbocycles. The first-order chi connectivity index (χ1) is 9.36. The molecule has 9 nitrogen and oxygen atoms in total. The number of anilines is 2. The maximum atomic E-state index is 5.32. The molecule has 1 N–H and O–H groups in total. The predicted octanol–water partition coefficient (Wildman–Crippen LogP) is -0.669. The lowest BCUT2D eigenvalue weighted by molar-refractivity contribution is 0.122. The van der Waals surface area contributed by atoms with Gasteiger partial charge in [-0.15, -0.1) is 0 Å². The summed E-state index contributed by atoms with van der Waals surface area (Å²) in [6.45, 7) is 2.90. The normalized spacial score (nSPS) is 15.5. The minimum atomic E-state index is 0.443. The van der Waals surface area contributed by atoms with Crippen molar-refractivity contribution in [3.8, 4) is 5.95 Å². The second kappa shape index (κ2) is 5.14. The highest BCUT2D eigenvalue weighted by Crippen LogP contribution is 2.13. The number of hydrogen-bond donors (Lipinski definition) is 1. The number of aromatic nitrogens is 6. The number of ether oxygens (including phenoxy) is 1. The van der Waals surface area contributed by atoms with E-state index in [0.717, 1.165) is 13.1 Å². The standard InChI is InChI=1S/C10H14N8O/c1-11-8-14-9(17-2-4-19-5-3-17)16-10(15-8)18-7-12-6-13-18/h6-7H,2-5H2,1H3,(H,11,14,15,16). The van der Waals surface area contributed by atoms with Crippen LogP contribution in [0, 0.1) is 0 Å². The summed E-state index contributed by atoms with van der Waals surface area (Å²) < 4.78 is 6.83. The quantitative estimate of drug-likeness (QED) is 0.778. The Kier molecular flexibility index (Phi) is 3.19. The van der Waals surface area contributed by atoms with Crippen LogP contribution in [0.15, 0.2) is 12.7 Å². The van der Waals surface area contributed by atoms with Gasteiger partial charge < -0.3 is 15.0 Å². The zero-order valence-corrected chi connectivity index (χ0v) is 10.5. The molecule has 1 aliphatic heterocycles. The van der Waals surface area contributed by atoms with E-state index in [2.05, 4.69) is 35.3 Å². The van der Waals surface area contributed by atoms with Crippen molar-refractivity contribution in [2.24, 2.45) is 0 Å². The first kappa shape index (κ1) is 11.8. The van der Waals surface area contributed by atoms with E-state index in [1.54, 1.807) is 13.4 Å². The van der Waals surface area contributed by atoms with Crippen molar-refractivity contribution in [2.45, 2.75) is 0 Å². The Morgan fingerprint density at radius 1 is 1.16 bits per heavy atom. The third kappa shape index (κ3) is 2.45. The summed E-state index contributed by atoms with van der Waals surface area (Å²) in [5, 5.41) is 6.96. The fourth-order valence-corrected chi connectivity index (χ4v) is 1.78. The number of hydrogen-bond acceptors (Lipinski definition) is 8. The van der Waals surface area contributed by atoms with Crippen LogP contribution in [-0.2, 0) is 4.74 Å². The van der Waals surface area contributed by atoms with Crippen LogP contribution in [0.3, 0.4) is 0 Å². The van der Waals surface area contributed by atoms with Crippen LogP contribution in [0.1, 0.15) is 0 Å². The number of nitrogens with one attached hydrogen (secondary N) is 1. The highest BCUT2D eigenvalue weighted by molar-refractivity contribution is 5.39. The Bertz CT molecular complexity index is 536. The van der Waals surface area contributed by atoms with Gasteiger partial charge in [-0.1, -0.05) is 0 Å². The first-order valence-electron chi connectivity index (χ1n) is 5.98. The molecule has 1 saturated heterocycles. The molecule has 0 saturated carbocycles. The van der Waals surface area contributed by atoms with Crippen LogP contribution in [0.25, 0.3) is 5.95 Å². The van der Waals surface area contributed by atoms with Gasteiger partial charge in [-0.2, -0.15) is 24.7 Å². The molecule has 3 heterocycles. The molecule has 0 unspecified atom stereocenters. The Hall–Kier alpha value is -2.29. The zero-order valence-electron chi connectivity index (χ0n) is 10.5. The van der Waals surface area contributed by atoms with Crippen LogP contribution in [0.4, 0.5) is 11.9 Å². The second-order valence-corrected chi connectivity index (χ2v) is 3.95. The first-order valence-corrected chi connectivity index (χ1v) is 5.98. The lowest BCUT2D eigenvalue weighted by Gasteiger charge is -2.26. The fourth-order valence-electron chi connectivity index (χ4n) is 1.78. The van der Waals surface area contributed by atoms with Crippen molar-refractivity contribution < 1.29 is 4.74 Å². The minimum absolute atomic E-state index is 0.443. The van der Waals surface area contributed by atoms with E-state index in [0.29, 0.717) is 31.1 Å². The molecule has 3 rings (SSSR count). The predicted molar refractivity (Wildman–Crippen MR) is 67.3 cm³/mol. The largest absolute Gasteiger partial charge is 0.378 e. The van der Waals surface area contributed by atoms with Gasteiger partial charge in [0.25, 0.3) is 5.95 Å². The SMILES string of the molecule is CNc1nc(N2CCOCC2)nc(-n2cncn2)n1. The van der Waals surface area contributed by atoms with E-state index in [9.17, 15) is 0 Å². The lowest BCUT2D eigenvalue weighted by Crippen LogP contribution is -2.37. The van der Waals surface area contributed by atoms with Gasteiger partial charge >= 0.3 is 0 Å². The smallest absolute Gasteiger partial charge is 0.258 e. The molecule has 0 aromatic carbocycles. The van der Waals surface area contributed by atoms with E-state index in [1.807, 2.05) is 0 Å². The maximum absolute atomic E-state index is 5.32. The molecule has 0 bridgehead atoms. The van der Waals surface area contributed by atoms with Gasteiger partial charge in [0, 0.05) is 20.1 Å². The molecular weight excluding hydrogens is 248 g/mol. The third-order valence-corrected chi connectivity index (χ3v) is 2.75. The van der Waals surface area contributed by atoms with Gasteiger partial charge in [-0.25, -0.2) is 4.98 Å². The van der Waals surface area contributed by atoms with Crippen LogP contribution in [-0.4, -0.2) is 63.1 Å². The summed E-state index contributed by atoms with van der Waals surface area (Å²) in [5.74, 6) is 1.56. The van der Waals surface area contributed by atoms with Gasteiger partial charge in [0.05, 0.1) is 13.2 Å². The number of rotatable bonds is 3. The Morgan fingerprint density at radius 2 is 1.95 bits per heavy atom. The highest BCUT2D eigenvalue weighted by atomic mass is 16.5. The molecule has 1 fully saturated rings. The van der Waals surface area contributed by atoms with Crippen LogP contribution in [0.2, 0.25) is 0 Å². The van der Waals surface area contributed by atoms with Crippen LogP contribution in [0.5, 0.6) is 0 Å². The van der Waals surface area contributed by atoms with E-state index in [4.69, 9.17) is 4.74 Å². The Balaban J connectivity index is 1.97. The molecule has 100 valence electrons. The van der Waals surface area contributed by atoms with Crippen molar-refractivity contribution >= 4 is 11.9 Å². The van der Waals surface area contributed by atoms with E-state index < -0.39 is 0 Å². The molecule has 0 atom stereocenters. The molecule has 0 spiro atoms. The molecular formula is C10H14N8O. The summed E-state index contributed by atoms with van der Waals surface area (Å²) in [6, 6.07) is 0. The van der Waals surface area contributed by atoms with Crippen molar-refractivity contribution in [1.29, 1.82) is 0 Å². The summed E-state index contributed by atoms with van der Waals surface area (Å²) in [6.07, 6.45) is 3.00. The summed E-state index contributed by atoms with van der Waals surface area (Å²) >= 11 is 0. The Labute approximate surface area is 109 Å². The highest BCUT2D eigenvalue weighted by Gasteiger charge is 2.16. The summed E-state index contributed by atoms with van der Waals surface area (Å²) in [4.78, 5) is 19.0. The third-order valence-electron chi connectivity index (χ3n) is 2.75. The van der Waals surface area contributed by atoms with Gasteiger partial charge in [0.1, 0.15) is 12.7 Å². The van der Waals surface area contributed by atoms with Gasteiger partial charge in [0.2, 0.25) is 11.9 Å². The van der Waals surface area contributed by atoms with Crippen molar-refractivity contribution in [3.63, 3.8) is 0 Å². The monoisotopic (exact) mass is 262 g/mol. The maximum Gasteiger partial charge on any atom is 0.258 e. The van der Waals surface area contributed by atoms with Crippen LogP contribution >= 0.6 is 0 Å². The molecule has 2 aromatic rings. The fraction of sp³-hybridized carbons (Fsp3) is 0.500. The van der Waals surface area contributed by atoms with E-state index >= 15 is 0 Å². The molecule has 9 heteroatoms. The van der Waals surface area contributed by atoms with E-state index in [1.165, 1.54) is 11.0 Å². The molecule has 0 amide bonds. The van der Waals surface area contributed by atoms with Crippen LogP contribution < -0.4 is 10.2 Å². The summed E-state index contributed by atoms with van der Waals surface area (Å²) in [7, 11) is 1.77. The lowest BCUT2D eigenvalue weighted by atomic mass is 10.4. The minimum Gasteiger partial charge on any atom is -0.378 e. The topological polar surface area (TPSA) is 93.9 Å². The molecule has 1 aliphatic rings. The average Bonchev–Trinajstić information content (AvgIpc) is 3.02. The van der Waals surface area contributed by atoms with Crippen molar-refractivity contribution in [1.82, 2.24) is 29.7 Å². The molecule has 2 aromatic heterocycles. The average molecular weight is 262 g/mol. The van der Waals surface area contributed by atoms with Gasteiger partial charge in [-0.3, -0.25) is 0 Å². The summed E-state index contributed by atoms with van der Waals surface area (Å²) in [5.41, 5.74) is 0. The Morgan fingerprint density at radius 3 is 2.63 bits per heavy atom. The zero-order chi connectivity index (χ0) is 13.1. The number of nitrogens with zero attached hydrogens (tertiary/aromatic N) is 7. The second-order valence-electron chi connectivity index (χ2n) is 3.95. The van der Waals surface area contributed by atoms with Crippen molar-refractivity contribution in [3.05, 3.63) is 12.7 Å². The van der Waals surface area contributed by atoms with E-state index in [-0.39, 0.29) is 0 Å². The van der Waals surface area contributed by atoms with Gasteiger partial charge in [0.15, 0.2) is 0 Å². The number of morpholine rings is 1.